The molecule has 0 radical (unpaired) electrons. The molecule has 1 N–H and O–H groups in total. The van der Waals surface area contributed by atoms with E-state index in [-0.39, 0.29) is 16.4 Å². The Morgan fingerprint density at radius 1 is 0.923 bits per heavy atom. The second-order valence-electron chi connectivity index (χ2n) is 6.36. The normalized spacial score (nSPS) is 15.0. The second-order valence-corrected chi connectivity index (χ2v) is 7.99. The van der Waals surface area contributed by atoms with Crippen LogP contribution in [0.25, 0.3) is 10.8 Å². The summed E-state index contributed by atoms with van der Waals surface area (Å²) in [6.07, 6.45) is 0. The summed E-state index contributed by atoms with van der Waals surface area (Å²) in [5.74, 6) is -0.277. The lowest BCUT2D eigenvalue weighted by molar-refractivity contribution is 0.107. The molecule has 0 amide bonds. The zero-order valence-electron chi connectivity index (χ0n) is 14.3. The van der Waals surface area contributed by atoms with E-state index in [0.29, 0.717) is 16.7 Å². The number of benzene rings is 3. The molecule has 0 bridgehead atoms. The maximum atomic E-state index is 12.7. The molecular formula is C20H16N2O3S. The highest BCUT2D eigenvalue weighted by molar-refractivity contribution is 7.89. The molecule has 0 saturated carbocycles. The number of carbonyl (C=O) groups is 1. The number of aryl methyl sites for hydroxylation is 2. The Bertz CT molecular complexity index is 1210. The molecule has 5 nitrogen and oxygen atoms in total. The zero-order chi connectivity index (χ0) is 18.5. The van der Waals surface area contributed by atoms with Gasteiger partial charge < -0.3 is 0 Å². The van der Waals surface area contributed by atoms with Crippen molar-refractivity contribution in [3.05, 3.63) is 76.9 Å². The topological polar surface area (TPSA) is 75.6 Å². The third kappa shape index (κ3) is 2.50. The highest BCUT2D eigenvalue weighted by Gasteiger charge is 2.29. The molecule has 4 rings (SSSR count). The Morgan fingerprint density at radius 2 is 1.62 bits per heavy atom. The average molecular weight is 364 g/mol. The monoisotopic (exact) mass is 364 g/mol. The Balaban J connectivity index is 1.78. The summed E-state index contributed by atoms with van der Waals surface area (Å²) in [6, 6.07) is 16.2. The first-order chi connectivity index (χ1) is 12.4. The van der Waals surface area contributed by atoms with Crippen LogP contribution in [0, 0.1) is 13.8 Å². The van der Waals surface area contributed by atoms with E-state index in [4.69, 9.17) is 0 Å². The van der Waals surface area contributed by atoms with E-state index in [2.05, 4.69) is 9.93 Å². The molecule has 3 aromatic rings. The predicted octanol–water partition coefficient (Wildman–Crippen LogP) is 3.34. The lowest BCUT2D eigenvalue weighted by Gasteiger charge is -2.08. The van der Waals surface area contributed by atoms with E-state index in [0.717, 1.165) is 16.3 Å². The number of nitrogens with zero attached hydrogens (tertiary/aromatic N) is 1. The van der Waals surface area contributed by atoms with Crippen molar-refractivity contribution in [2.75, 3.05) is 0 Å². The van der Waals surface area contributed by atoms with Gasteiger partial charge in [-0.2, -0.15) is 18.4 Å². The van der Waals surface area contributed by atoms with Crippen molar-refractivity contribution in [1.82, 2.24) is 4.83 Å². The van der Waals surface area contributed by atoms with Crippen LogP contribution in [0.2, 0.25) is 0 Å². The third-order valence-corrected chi connectivity index (χ3v) is 5.88. The molecule has 1 aliphatic rings. The molecule has 6 heteroatoms. The number of ketones is 1. The molecule has 0 aromatic heterocycles. The van der Waals surface area contributed by atoms with Gasteiger partial charge in [0.2, 0.25) is 5.78 Å². The van der Waals surface area contributed by atoms with Gasteiger partial charge in [-0.3, -0.25) is 4.79 Å². The van der Waals surface area contributed by atoms with Crippen molar-refractivity contribution in [2.24, 2.45) is 5.10 Å². The Morgan fingerprint density at radius 3 is 2.35 bits per heavy atom. The molecule has 0 fully saturated rings. The fourth-order valence-electron chi connectivity index (χ4n) is 3.24. The molecule has 3 aromatic carbocycles. The Hall–Kier alpha value is -2.99. The van der Waals surface area contributed by atoms with Crippen molar-refractivity contribution in [1.29, 1.82) is 0 Å². The Labute approximate surface area is 151 Å². The summed E-state index contributed by atoms with van der Waals surface area (Å²) in [5.41, 5.74) is 2.75. The predicted molar refractivity (Wildman–Crippen MR) is 101 cm³/mol. The first-order valence-corrected chi connectivity index (χ1v) is 9.60. The lowest BCUT2D eigenvalue weighted by atomic mass is 10.1. The van der Waals surface area contributed by atoms with Crippen molar-refractivity contribution in [3.63, 3.8) is 0 Å². The van der Waals surface area contributed by atoms with E-state index in [9.17, 15) is 13.2 Å². The van der Waals surface area contributed by atoms with Gasteiger partial charge in [0.25, 0.3) is 10.0 Å². The van der Waals surface area contributed by atoms with Crippen molar-refractivity contribution < 1.29 is 13.2 Å². The lowest BCUT2D eigenvalue weighted by Crippen LogP contribution is -2.23. The van der Waals surface area contributed by atoms with E-state index in [1.165, 1.54) is 0 Å². The number of carbonyl (C=O) groups excluding carboxylic acids is 1. The molecular weight excluding hydrogens is 348 g/mol. The summed E-state index contributed by atoms with van der Waals surface area (Å²) in [6.45, 7) is 3.54. The number of Topliss-reactive ketones (excluding diaryl/α,β-unsaturated/α-hetero) is 1. The maximum Gasteiger partial charge on any atom is 0.276 e. The number of hydrogen-bond acceptors (Lipinski definition) is 4. The number of hydrazone groups is 1. The van der Waals surface area contributed by atoms with Crippen molar-refractivity contribution in [3.8, 4) is 0 Å². The van der Waals surface area contributed by atoms with Crippen LogP contribution in [0.15, 0.2) is 64.6 Å². The summed E-state index contributed by atoms with van der Waals surface area (Å²) in [7, 11) is -3.87. The van der Waals surface area contributed by atoms with Crippen LogP contribution in [0.3, 0.4) is 0 Å². The van der Waals surface area contributed by atoms with Gasteiger partial charge in [-0.25, -0.2) is 0 Å². The maximum absolute atomic E-state index is 12.7. The van der Waals surface area contributed by atoms with Gasteiger partial charge in [0.1, 0.15) is 5.71 Å². The molecule has 130 valence electrons. The zero-order valence-corrected chi connectivity index (χ0v) is 15.1. The van der Waals surface area contributed by atoms with Gasteiger partial charge in [0.05, 0.1) is 4.90 Å². The summed E-state index contributed by atoms with van der Waals surface area (Å²) in [5, 5.41) is 5.73. The smallest absolute Gasteiger partial charge is 0.276 e. The molecule has 0 heterocycles. The summed E-state index contributed by atoms with van der Waals surface area (Å²) in [4.78, 5) is 15.1. The highest BCUT2D eigenvalue weighted by atomic mass is 32.2. The van der Waals surface area contributed by atoms with E-state index < -0.39 is 10.0 Å². The van der Waals surface area contributed by atoms with Gasteiger partial charge in [-0.15, -0.1) is 0 Å². The minimum Gasteiger partial charge on any atom is -0.287 e. The standard InChI is InChI=1S/C20H16N2O3S/c1-12-9-10-13(2)17(11-12)26(24,25)22-21-19-15-7-3-5-14-6-4-8-16(18(14)15)20(19)23/h3-11,22H,1-2H3/b21-19-. The summed E-state index contributed by atoms with van der Waals surface area (Å²) >= 11 is 0. The van der Waals surface area contributed by atoms with E-state index in [1.54, 1.807) is 31.2 Å². The van der Waals surface area contributed by atoms with Crippen LogP contribution >= 0.6 is 0 Å². The Kier molecular flexibility index (Phi) is 3.66. The van der Waals surface area contributed by atoms with E-state index in [1.807, 2.05) is 37.3 Å². The highest BCUT2D eigenvalue weighted by Crippen LogP contribution is 2.31. The quantitative estimate of drug-likeness (QED) is 0.724. The molecule has 0 spiro atoms. The van der Waals surface area contributed by atoms with Crippen LogP contribution in [0.4, 0.5) is 0 Å². The van der Waals surface area contributed by atoms with Gasteiger partial charge in [-0.1, -0.05) is 48.5 Å². The molecule has 1 aliphatic carbocycles. The van der Waals surface area contributed by atoms with Crippen LogP contribution < -0.4 is 4.83 Å². The third-order valence-electron chi connectivity index (χ3n) is 4.53. The first kappa shape index (κ1) is 16.5. The number of rotatable bonds is 3. The fraction of sp³-hybridized carbons (Fsp3) is 0.100. The van der Waals surface area contributed by atoms with Crippen LogP contribution in [-0.4, -0.2) is 19.9 Å². The molecule has 26 heavy (non-hydrogen) atoms. The van der Waals surface area contributed by atoms with Crippen molar-refractivity contribution in [2.45, 2.75) is 18.7 Å². The largest absolute Gasteiger partial charge is 0.287 e. The van der Waals surface area contributed by atoms with E-state index >= 15 is 0 Å². The fourth-order valence-corrected chi connectivity index (χ4v) is 4.38. The van der Waals surface area contributed by atoms with Gasteiger partial charge in [0.15, 0.2) is 0 Å². The minimum absolute atomic E-state index is 0.116. The number of sulfonamides is 1. The molecule has 0 atom stereocenters. The molecule has 0 unspecified atom stereocenters. The second kappa shape index (κ2) is 5.78. The first-order valence-electron chi connectivity index (χ1n) is 8.12. The minimum atomic E-state index is -3.87. The van der Waals surface area contributed by atoms with Crippen molar-refractivity contribution >= 4 is 32.3 Å². The van der Waals surface area contributed by atoms with Crippen LogP contribution in [-0.2, 0) is 10.0 Å². The summed E-state index contributed by atoms with van der Waals surface area (Å²) < 4.78 is 25.3. The number of hydrogen-bond donors (Lipinski definition) is 1. The van der Waals surface area contributed by atoms with Crippen LogP contribution in [0.5, 0.6) is 0 Å². The number of nitrogens with one attached hydrogen (secondary N) is 1. The molecule has 0 saturated heterocycles. The van der Waals surface area contributed by atoms with Gasteiger partial charge in [-0.05, 0) is 36.4 Å². The average Bonchev–Trinajstić information content (AvgIpc) is 2.89. The van der Waals surface area contributed by atoms with Crippen LogP contribution in [0.1, 0.15) is 27.0 Å². The van der Waals surface area contributed by atoms with Gasteiger partial charge in [0, 0.05) is 16.5 Å². The molecule has 0 aliphatic heterocycles. The SMILES string of the molecule is Cc1ccc(C)c(S(=O)(=O)N/N=C2\C(=O)c3cccc4cccc2c34)c1. The van der Waals surface area contributed by atoms with Gasteiger partial charge >= 0.3 is 0 Å².